The van der Waals surface area contributed by atoms with Crippen molar-refractivity contribution in [3.05, 3.63) is 46.9 Å². The maximum Gasteiger partial charge on any atom is 0.186 e. The van der Waals surface area contributed by atoms with Gasteiger partial charge >= 0.3 is 0 Å². The van der Waals surface area contributed by atoms with Crippen LogP contribution in [0, 0.1) is 6.92 Å². The quantitative estimate of drug-likeness (QED) is 0.574. The van der Waals surface area contributed by atoms with Gasteiger partial charge in [-0.25, -0.2) is 0 Å². The fraction of sp³-hybridized carbons (Fsp3) is 0.357. The molecule has 0 aliphatic rings. The van der Waals surface area contributed by atoms with Crippen LogP contribution in [0.5, 0.6) is 0 Å². The van der Waals surface area contributed by atoms with E-state index in [1.165, 1.54) is 11.5 Å². The Kier molecular flexibility index (Phi) is 5.84. The molecule has 1 aromatic rings. The van der Waals surface area contributed by atoms with E-state index in [0.717, 1.165) is 18.4 Å². The predicted octanol–water partition coefficient (Wildman–Crippen LogP) is 3.24. The van der Waals surface area contributed by atoms with Gasteiger partial charge in [0.05, 0.1) is 0 Å². The van der Waals surface area contributed by atoms with Crippen molar-refractivity contribution < 1.29 is 9.00 Å². The first kappa shape index (κ1) is 13.8. The number of unbranched alkanes of at least 4 members (excludes halogenated alkanes) is 1. The number of aryl methyl sites for hydroxylation is 1. The normalized spacial score (nSPS) is 12.8. The number of carbonyl (C=O) groups is 1. The Morgan fingerprint density at radius 1 is 1.29 bits per heavy atom. The molecule has 0 aliphatic heterocycles. The van der Waals surface area contributed by atoms with Crippen molar-refractivity contribution >= 4 is 16.6 Å². The van der Waals surface area contributed by atoms with E-state index in [1.54, 1.807) is 12.1 Å². The van der Waals surface area contributed by atoms with E-state index in [9.17, 15) is 9.00 Å². The molecule has 0 aromatic heterocycles. The SMILES string of the molecule is CCCCS(=O)C=CC(=O)c1ccc(C)cc1. The Hall–Kier alpha value is -1.22. The van der Waals surface area contributed by atoms with E-state index in [0.29, 0.717) is 11.3 Å². The molecular formula is C14H18O2S. The summed E-state index contributed by atoms with van der Waals surface area (Å²) >= 11 is 0. The van der Waals surface area contributed by atoms with Crippen LogP contribution in [0.15, 0.2) is 35.7 Å². The Balaban J connectivity index is 2.57. The van der Waals surface area contributed by atoms with E-state index in [2.05, 4.69) is 6.92 Å². The monoisotopic (exact) mass is 250 g/mol. The number of rotatable bonds is 6. The Morgan fingerprint density at radius 2 is 1.94 bits per heavy atom. The van der Waals surface area contributed by atoms with E-state index in [-0.39, 0.29) is 5.78 Å². The summed E-state index contributed by atoms with van der Waals surface area (Å²) in [6.45, 7) is 4.03. The van der Waals surface area contributed by atoms with Crippen LogP contribution in [0.3, 0.4) is 0 Å². The molecule has 0 N–H and O–H groups in total. The smallest absolute Gasteiger partial charge is 0.186 e. The number of hydrogen-bond acceptors (Lipinski definition) is 2. The van der Waals surface area contributed by atoms with Gasteiger partial charge in [-0.15, -0.1) is 0 Å². The first-order valence-corrected chi connectivity index (χ1v) is 7.18. The van der Waals surface area contributed by atoms with Crippen molar-refractivity contribution in [2.45, 2.75) is 26.7 Å². The van der Waals surface area contributed by atoms with E-state index >= 15 is 0 Å². The van der Waals surface area contributed by atoms with Crippen molar-refractivity contribution in [3.8, 4) is 0 Å². The number of hydrogen-bond donors (Lipinski definition) is 0. The van der Waals surface area contributed by atoms with Crippen LogP contribution >= 0.6 is 0 Å². The largest absolute Gasteiger partial charge is 0.289 e. The van der Waals surface area contributed by atoms with Crippen molar-refractivity contribution in [2.24, 2.45) is 0 Å². The maximum atomic E-state index is 11.7. The van der Waals surface area contributed by atoms with Gasteiger partial charge in [0, 0.05) is 27.5 Å². The fourth-order valence-electron chi connectivity index (χ4n) is 1.31. The van der Waals surface area contributed by atoms with Gasteiger partial charge in [0.2, 0.25) is 0 Å². The molecule has 0 amide bonds. The van der Waals surface area contributed by atoms with Gasteiger partial charge in [-0.1, -0.05) is 43.2 Å². The minimum Gasteiger partial charge on any atom is -0.289 e. The summed E-state index contributed by atoms with van der Waals surface area (Å²) < 4.78 is 11.5. The average Bonchev–Trinajstić information content (AvgIpc) is 2.34. The molecule has 0 saturated carbocycles. The number of ketones is 1. The Morgan fingerprint density at radius 3 is 2.53 bits per heavy atom. The number of benzene rings is 1. The topological polar surface area (TPSA) is 34.1 Å². The van der Waals surface area contributed by atoms with Gasteiger partial charge in [-0.3, -0.25) is 9.00 Å². The molecule has 92 valence electrons. The lowest BCUT2D eigenvalue weighted by Crippen LogP contribution is -1.97. The zero-order chi connectivity index (χ0) is 12.7. The molecule has 0 saturated heterocycles. The second kappa shape index (κ2) is 7.17. The molecule has 0 heterocycles. The summed E-state index contributed by atoms with van der Waals surface area (Å²) in [5.41, 5.74) is 1.76. The third-order valence-corrected chi connectivity index (χ3v) is 3.54. The third kappa shape index (κ3) is 5.09. The van der Waals surface area contributed by atoms with Crippen LogP contribution in [-0.4, -0.2) is 15.7 Å². The lowest BCUT2D eigenvalue weighted by Gasteiger charge is -1.97. The average molecular weight is 250 g/mol. The lowest BCUT2D eigenvalue weighted by atomic mass is 10.1. The van der Waals surface area contributed by atoms with Gasteiger partial charge in [0.1, 0.15) is 0 Å². The summed E-state index contributed by atoms with van der Waals surface area (Å²) in [5, 5.41) is 1.50. The molecule has 0 bridgehead atoms. The number of allylic oxidation sites excluding steroid dienone is 1. The zero-order valence-electron chi connectivity index (χ0n) is 10.3. The molecule has 1 unspecified atom stereocenters. The van der Waals surface area contributed by atoms with Crippen molar-refractivity contribution in [3.63, 3.8) is 0 Å². The fourth-order valence-corrected chi connectivity index (χ4v) is 2.29. The highest BCUT2D eigenvalue weighted by Crippen LogP contribution is 2.05. The standard InChI is InChI=1S/C14H18O2S/c1-3-4-10-17(16)11-9-14(15)13-7-5-12(2)6-8-13/h5-9,11H,3-4,10H2,1-2H3. The summed E-state index contributed by atoms with van der Waals surface area (Å²) in [4.78, 5) is 11.7. The Labute approximate surface area is 105 Å². The minimum absolute atomic E-state index is 0.0881. The molecule has 0 spiro atoms. The summed E-state index contributed by atoms with van der Waals surface area (Å²) in [6, 6.07) is 7.37. The molecule has 0 fully saturated rings. The highest BCUT2D eigenvalue weighted by atomic mass is 32.2. The molecular weight excluding hydrogens is 232 g/mol. The van der Waals surface area contributed by atoms with Gasteiger partial charge in [0.25, 0.3) is 0 Å². The van der Waals surface area contributed by atoms with Gasteiger partial charge < -0.3 is 0 Å². The number of carbonyl (C=O) groups excluding carboxylic acids is 1. The van der Waals surface area contributed by atoms with Crippen LogP contribution in [0.25, 0.3) is 0 Å². The third-order valence-electron chi connectivity index (χ3n) is 2.41. The summed E-state index contributed by atoms with van der Waals surface area (Å²) in [5.74, 6) is 0.545. The maximum absolute atomic E-state index is 11.7. The van der Waals surface area contributed by atoms with E-state index in [4.69, 9.17) is 0 Å². The second-order valence-electron chi connectivity index (χ2n) is 3.97. The Bertz CT molecular complexity index is 418. The van der Waals surface area contributed by atoms with E-state index < -0.39 is 10.8 Å². The molecule has 2 nitrogen and oxygen atoms in total. The minimum atomic E-state index is -1.02. The molecule has 0 radical (unpaired) electrons. The first-order valence-electron chi connectivity index (χ1n) is 5.80. The molecule has 0 aliphatic carbocycles. The van der Waals surface area contributed by atoms with Gasteiger partial charge in [-0.2, -0.15) is 0 Å². The molecule has 1 atom stereocenters. The molecule has 3 heteroatoms. The zero-order valence-corrected chi connectivity index (χ0v) is 11.1. The molecule has 17 heavy (non-hydrogen) atoms. The lowest BCUT2D eigenvalue weighted by molar-refractivity contribution is 0.104. The molecule has 1 rings (SSSR count). The highest BCUT2D eigenvalue weighted by molar-refractivity contribution is 7.87. The summed E-state index contributed by atoms with van der Waals surface area (Å²) in [6.07, 6.45) is 3.36. The van der Waals surface area contributed by atoms with Gasteiger partial charge in [0.15, 0.2) is 5.78 Å². The highest BCUT2D eigenvalue weighted by Gasteiger charge is 2.01. The van der Waals surface area contributed by atoms with Gasteiger partial charge in [-0.05, 0) is 19.4 Å². The van der Waals surface area contributed by atoms with Crippen LogP contribution in [-0.2, 0) is 10.8 Å². The van der Waals surface area contributed by atoms with Crippen LogP contribution in [0.1, 0.15) is 35.7 Å². The first-order chi connectivity index (χ1) is 8.13. The summed E-state index contributed by atoms with van der Waals surface area (Å²) in [7, 11) is -1.02. The predicted molar refractivity (Wildman–Crippen MR) is 72.6 cm³/mol. The van der Waals surface area contributed by atoms with Crippen molar-refractivity contribution in [1.29, 1.82) is 0 Å². The molecule has 1 aromatic carbocycles. The van der Waals surface area contributed by atoms with Crippen LogP contribution in [0.4, 0.5) is 0 Å². The van der Waals surface area contributed by atoms with Crippen LogP contribution < -0.4 is 0 Å². The van der Waals surface area contributed by atoms with Crippen molar-refractivity contribution in [2.75, 3.05) is 5.75 Å². The van der Waals surface area contributed by atoms with Crippen molar-refractivity contribution in [1.82, 2.24) is 0 Å². The second-order valence-corrected chi connectivity index (χ2v) is 5.41. The van der Waals surface area contributed by atoms with Crippen LogP contribution in [0.2, 0.25) is 0 Å². The van der Waals surface area contributed by atoms with E-state index in [1.807, 2.05) is 19.1 Å².